The molecule has 1 aromatic rings. The Balaban J connectivity index is 2.76. The summed E-state index contributed by atoms with van der Waals surface area (Å²) in [6.07, 6.45) is 2.38. The van der Waals surface area contributed by atoms with Gasteiger partial charge >= 0.3 is 0 Å². The van der Waals surface area contributed by atoms with Crippen LogP contribution in [0.25, 0.3) is 0 Å². The highest BCUT2D eigenvalue weighted by atomic mass is 35.5. The van der Waals surface area contributed by atoms with Gasteiger partial charge in [-0.3, -0.25) is 0 Å². The summed E-state index contributed by atoms with van der Waals surface area (Å²) < 4.78 is 0. The average Bonchev–Trinajstić information content (AvgIpc) is 2.29. The molecule has 0 aliphatic rings. The Kier molecular flexibility index (Phi) is 5.56. The van der Waals surface area contributed by atoms with Crippen molar-refractivity contribution in [3.8, 4) is 0 Å². The number of nitrogens with one attached hydrogen (secondary N) is 1. The summed E-state index contributed by atoms with van der Waals surface area (Å²) in [5, 5.41) is 3.79. The summed E-state index contributed by atoms with van der Waals surface area (Å²) in [5.41, 5.74) is 0.907. The molecular formula is C12H20ClN3. The first-order valence-corrected chi connectivity index (χ1v) is 6.08. The molecule has 0 saturated carbocycles. The standard InChI is InChI=1S/C12H20ClN3/c1-4-5-8-16(3)12-7-6-10(13)11(15-12)9-14-2/h6-7,14H,4-5,8-9H2,1-3H3. The first kappa shape index (κ1) is 13.3. The van der Waals surface area contributed by atoms with Crippen LogP contribution in [0.1, 0.15) is 25.5 Å². The quantitative estimate of drug-likeness (QED) is 0.830. The zero-order chi connectivity index (χ0) is 12.0. The zero-order valence-corrected chi connectivity index (χ0v) is 11.0. The monoisotopic (exact) mass is 241 g/mol. The molecule has 1 N–H and O–H groups in total. The van der Waals surface area contributed by atoms with E-state index in [1.54, 1.807) is 0 Å². The third kappa shape index (κ3) is 3.65. The summed E-state index contributed by atoms with van der Waals surface area (Å²) in [4.78, 5) is 6.71. The van der Waals surface area contributed by atoms with Crippen LogP contribution >= 0.6 is 11.6 Å². The van der Waals surface area contributed by atoms with Gasteiger partial charge in [-0.05, 0) is 25.6 Å². The molecule has 1 heterocycles. The molecule has 0 unspecified atom stereocenters. The van der Waals surface area contributed by atoms with E-state index in [1.807, 2.05) is 19.2 Å². The molecule has 1 rings (SSSR count). The van der Waals surface area contributed by atoms with Crippen molar-refractivity contribution in [1.82, 2.24) is 10.3 Å². The van der Waals surface area contributed by atoms with Crippen molar-refractivity contribution in [1.29, 1.82) is 0 Å². The number of hydrogen-bond acceptors (Lipinski definition) is 3. The van der Waals surface area contributed by atoms with E-state index >= 15 is 0 Å². The normalized spacial score (nSPS) is 10.5. The third-order valence-electron chi connectivity index (χ3n) is 2.49. The Morgan fingerprint density at radius 1 is 1.44 bits per heavy atom. The highest BCUT2D eigenvalue weighted by Gasteiger charge is 2.06. The largest absolute Gasteiger partial charge is 0.360 e. The zero-order valence-electron chi connectivity index (χ0n) is 10.3. The van der Waals surface area contributed by atoms with Gasteiger partial charge in [0, 0.05) is 20.1 Å². The van der Waals surface area contributed by atoms with Crippen LogP contribution < -0.4 is 10.2 Å². The number of nitrogens with zero attached hydrogens (tertiary/aromatic N) is 2. The summed E-state index contributed by atoms with van der Waals surface area (Å²) in [6, 6.07) is 3.89. The molecule has 1 aromatic heterocycles. The maximum absolute atomic E-state index is 6.06. The number of unbranched alkanes of at least 4 members (excludes halogenated alkanes) is 1. The highest BCUT2D eigenvalue weighted by molar-refractivity contribution is 6.31. The number of aromatic nitrogens is 1. The summed E-state index contributed by atoms with van der Waals surface area (Å²) >= 11 is 6.06. The lowest BCUT2D eigenvalue weighted by molar-refractivity contribution is 0.748. The lowest BCUT2D eigenvalue weighted by Crippen LogP contribution is -2.20. The molecule has 3 nitrogen and oxygen atoms in total. The molecule has 0 aromatic carbocycles. The molecule has 0 saturated heterocycles. The lowest BCUT2D eigenvalue weighted by atomic mass is 10.3. The van der Waals surface area contributed by atoms with E-state index in [2.05, 4.69) is 29.2 Å². The van der Waals surface area contributed by atoms with Crippen LogP contribution in [-0.2, 0) is 6.54 Å². The van der Waals surface area contributed by atoms with E-state index < -0.39 is 0 Å². The summed E-state index contributed by atoms with van der Waals surface area (Å²) in [6.45, 7) is 3.92. The predicted molar refractivity (Wildman–Crippen MR) is 70.2 cm³/mol. The van der Waals surface area contributed by atoms with Crippen molar-refractivity contribution in [2.24, 2.45) is 0 Å². The van der Waals surface area contributed by atoms with Crippen molar-refractivity contribution in [3.05, 3.63) is 22.8 Å². The van der Waals surface area contributed by atoms with E-state index in [9.17, 15) is 0 Å². The van der Waals surface area contributed by atoms with Gasteiger partial charge in [0.2, 0.25) is 0 Å². The number of hydrogen-bond donors (Lipinski definition) is 1. The van der Waals surface area contributed by atoms with Crippen LogP contribution in [0, 0.1) is 0 Å². The maximum Gasteiger partial charge on any atom is 0.128 e. The molecule has 90 valence electrons. The van der Waals surface area contributed by atoms with E-state index in [1.165, 1.54) is 12.8 Å². The van der Waals surface area contributed by atoms with E-state index in [-0.39, 0.29) is 0 Å². The minimum Gasteiger partial charge on any atom is -0.360 e. The van der Waals surface area contributed by atoms with Gasteiger partial charge < -0.3 is 10.2 Å². The van der Waals surface area contributed by atoms with Crippen molar-refractivity contribution in [2.75, 3.05) is 25.5 Å². The molecule has 0 aliphatic heterocycles. The molecule has 0 aliphatic carbocycles. The number of halogens is 1. The van der Waals surface area contributed by atoms with Gasteiger partial charge in [0.1, 0.15) is 5.82 Å². The van der Waals surface area contributed by atoms with E-state index in [4.69, 9.17) is 11.6 Å². The van der Waals surface area contributed by atoms with Crippen molar-refractivity contribution in [2.45, 2.75) is 26.3 Å². The number of rotatable bonds is 6. The average molecular weight is 242 g/mol. The maximum atomic E-state index is 6.06. The fourth-order valence-corrected chi connectivity index (χ4v) is 1.66. The van der Waals surface area contributed by atoms with Crippen LogP contribution in [0.2, 0.25) is 5.02 Å². The molecule has 4 heteroatoms. The van der Waals surface area contributed by atoms with E-state index in [0.29, 0.717) is 6.54 Å². The second kappa shape index (κ2) is 6.71. The Labute approximate surface area is 103 Å². The molecule has 0 bridgehead atoms. The fraction of sp³-hybridized carbons (Fsp3) is 0.583. The molecular weight excluding hydrogens is 222 g/mol. The fourth-order valence-electron chi connectivity index (χ4n) is 1.49. The Morgan fingerprint density at radius 3 is 2.81 bits per heavy atom. The Morgan fingerprint density at radius 2 is 2.19 bits per heavy atom. The molecule has 0 amide bonds. The van der Waals surface area contributed by atoms with Crippen LogP contribution in [0.3, 0.4) is 0 Å². The topological polar surface area (TPSA) is 28.2 Å². The SMILES string of the molecule is CCCCN(C)c1ccc(Cl)c(CNC)n1. The van der Waals surface area contributed by atoms with Gasteiger partial charge in [-0.25, -0.2) is 4.98 Å². The second-order valence-electron chi connectivity index (χ2n) is 3.90. The Bertz CT molecular complexity index is 328. The van der Waals surface area contributed by atoms with Crippen LogP contribution in [0.4, 0.5) is 5.82 Å². The smallest absolute Gasteiger partial charge is 0.128 e. The molecule has 16 heavy (non-hydrogen) atoms. The molecule has 0 fully saturated rings. The lowest BCUT2D eigenvalue weighted by Gasteiger charge is -2.18. The van der Waals surface area contributed by atoms with Crippen LogP contribution in [0.15, 0.2) is 12.1 Å². The van der Waals surface area contributed by atoms with Gasteiger partial charge in [0.25, 0.3) is 0 Å². The van der Waals surface area contributed by atoms with Crippen LogP contribution in [0.5, 0.6) is 0 Å². The van der Waals surface area contributed by atoms with Crippen molar-refractivity contribution < 1.29 is 0 Å². The van der Waals surface area contributed by atoms with Crippen LogP contribution in [-0.4, -0.2) is 25.6 Å². The predicted octanol–water partition coefficient (Wildman–Crippen LogP) is 2.69. The van der Waals surface area contributed by atoms with Gasteiger partial charge in [-0.15, -0.1) is 0 Å². The summed E-state index contributed by atoms with van der Waals surface area (Å²) in [7, 11) is 3.96. The number of anilines is 1. The molecule has 0 atom stereocenters. The minimum atomic E-state index is 0.703. The minimum absolute atomic E-state index is 0.703. The highest BCUT2D eigenvalue weighted by Crippen LogP contribution is 2.18. The second-order valence-corrected chi connectivity index (χ2v) is 4.31. The molecule has 0 radical (unpaired) electrons. The third-order valence-corrected chi connectivity index (χ3v) is 2.83. The summed E-state index contributed by atoms with van der Waals surface area (Å²) in [5.74, 6) is 0.989. The van der Waals surface area contributed by atoms with E-state index in [0.717, 1.165) is 23.1 Å². The Hall–Kier alpha value is -0.800. The van der Waals surface area contributed by atoms with Gasteiger partial charge in [0.05, 0.1) is 10.7 Å². The van der Waals surface area contributed by atoms with Crippen molar-refractivity contribution >= 4 is 17.4 Å². The van der Waals surface area contributed by atoms with Gasteiger partial charge in [-0.2, -0.15) is 0 Å². The van der Waals surface area contributed by atoms with Gasteiger partial charge in [0.15, 0.2) is 0 Å². The first-order valence-electron chi connectivity index (χ1n) is 5.70. The molecule has 0 spiro atoms. The number of pyridine rings is 1. The first-order chi connectivity index (χ1) is 7.69. The van der Waals surface area contributed by atoms with Crippen molar-refractivity contribution in [3.63, 3.8) is 0 Å². The van der Waals surface area contributed by atoms with Gasteiger partial charge in [-0.1, -0.05) is 24.9 Å².